The number of methoxy groups -OCH3 is 1. The van der Waals surface area contributed by atoms with Crippen LogP contribution in [0.15, 0.2) is 35.1 Å². The minimum atomic E-state index is -0.461. The molecule has 4 heteroatoms. The molecule has 0 saturated carbocycles. The largest absolute Gasteiger partial charge is 0.466 e. The summed E-state index contributed by atoms with van der Waals surface area (Å²) in [6.07, 6.45) is 4.78. The number of pyridine rings is 1. The van der Waals surface area contributed by atoms with Gasteiger partial charge in [0.05, 0.1) is 12.6 Å². The summed E-state index contributed by atoms with van der Waals surface area (Å²) in [4.78, 5) is 23.6. The second-order valence-corrected chi connectivity index (χ2v) is 4.87. The minimum absolute atomic E-state index is 0.0511. The van der Waals surface area contributed by atoms with Crippen LogP contribution < -0.4 is 5.56 Å². The summed E-state index contributed by atoms with van der Waals surface area (Å²) in [7, 11) is 1.32. The van der Waals surface area contributed by atoms with Crippen molar-refractivity contribution in [1.29, 1.82) is 0 Å². The lowest BCUT2D eigenvalue weighted by Crippen LogP contribution is -2.26. The Morgan fingerprint density at radius 1 is 1.40 bits per heavy atom. The molecule has 20 heavy (non-hydrogen) atoms. The Kier molecular flexibility index (Phi) is 3.14. The molecule has 102 valence electrons. The van der Waals surface area contributed by atoms with Gasteiger partial charge in [0.2, 0.25) is 0 Å². The molecule has 1 aromatic heterocycles. The Balaban J connectivity index is 2.22. The van der Waals surface area contributed by atoms with Crippen LogP contribution >= 0.6 is 0 Å². The van der Waals surface area contributed by atoms with E-state index < -0.39 is 5.97 Å². The molecule has 0 amide bonds. The molecule has 1 aromatic carbocycles. The van der Waals surface area contributed by atoms with E-state index in [2.05, 4.69) is 10.8 Å². The van der Waals surface area contributed by atoms with Crippen LogP contribution in [0.5, 0.6) is 0 Å². The van der Waals surface area contributed by atoms with Gasteiger partial charge in [-0.2, -0.15) is 0 Å². The van der Waals surface area contributed by atoms with Gasteiger partial charge in [-0.1, -0.05) is 18.2 Å². The Hall–Kier alpha value is -2.36. The maximum Gasteiger partial charge on any atom is 0.330 e. The second-order valence-electron chi connectivity index (χ2n) is 4.87. The van der Waals surface area contributed by atoms with Gasteiger partial charge in [0, 0.05) is 18.2 Å². The van der Waals surface area contributed by atoms with Crippen LogP contribution in [-0.2, 0) is 22.5 Å². The Morgan fingerprint density at radius 3 is 3.05 bits per heavy atom. The summed E-state index contributed by atoms with van der Waals surface area (Å²) < 4.78 is 6.36. The number of hydrogen-bond donors (Lipinski definition) is 0. The molecule has 0 bridgehead atoms. The zero-order valence-electron chi connectivity index (χ0n) is 11.3. The molecule has 0 saturated heterocycles. The first-order chi connectivity index (χ1) is 9.70. The SMILES string of the molecule is COC(=O)/C=C/c1cc2cccc3c2n(c1=O)CCC3. The van der Waals surface area contributed by atoms with Gasteiger partial charge >= 0.3 is 5.97 Å². The molecule has 4 nitrogen and oxygen atoms in total. The first kappa shape index (κ1) is 12.7. The number of carbonyl (C=O) groups excluding carboxylic acids is 1. The normalized spacial score (nSPS) is 13.8. The number of aromatic nitrogens is 1. The molecule has 0 atom stereocenters. The number of carbonyl (C=O) groups is 1. The summed E-state index contributed by atoms with van der Waals surface area (Å²) in [6.45, 7) is 0.728. The van der Waals surface area contributed by atoms with Crippen molar-refractivity contribution in [1.82, 2.24) is 4.57 Å². The third kappa shape index (κ3) is 2.03. The highest BCUT2D eigenvalue weighted by molar-refractivity contribution is 5.89. The quantitative estimate of drug-likeness (QED) is 0.620. The van der Waals surface area contributed by atoms with Crippen molar-refractivity contribution in [3.8, 4) is 0 Å². The number of ether oxygens (including phenoxy) is 1. The van der Waals surface area contributed by atoms with Crippen LogP contribution in [0.1, 0.15) is 17.5 Å². The van der Waals surface area contributed by atoms with Crippen LogP contribution in [0.2, 0.25) is 0 Å². The Bertz CT molecular complexity index is 771. The van der Waals surface area contributed by atoms with E-state index in [0.29, 0.717) is 5.56 Å². The predicted octanol–water partition coefficient (Wildman–Crippen LogP) is 2.13. The van der Waals surface area contributed by atoms with Crippen LogP contribution in [0.25, 0.3) is 17.0 Å². The molecule has 3 rings (SSSR count). The highest BCUT2D eigenvalue weighted by Crippen LogP contribution is 2.24. The molecule has 2 aromatic rings. The van der Waals surface area contributed by atoms with Gasteiger partial charge in [-0.05, 0) is 35.9 Å². The maximum absolute atomic E-state index is 12.5. The molecule has 0 radical (unpaired) electrons. The molecule has 1 aliphatic heterocycles. The monoisotopic (exact) mass is 269 g/mol. The smallest absolute Gasteiger partial charge is 0.330 e. The number of para-hydroxylation sites is 1. The van der Waals surface area contributed by atoms with E-state index in [9.17, 15) is 9.59 Å². The summed E-state index contributed by atoms with van der Waals surface area (Å²) >= 11 is 0. The zero-order valence-corrected chi connectivity index (χ0v) is 11.3. The topological polar surface area (TPSA) is 48.3 Å². The van der Waals surface area contributed by atoms with Crippen LogP contribution in [0, 0.1) is 0 Å². The third-order valence-corrected chi connectivity index (χ3v) is 3.65. The van der Waals surface area contributed by atoms with Gasteiger partial charge in [-0.25, -0.2) is 4.79 Å². The standard InChI is InChI=1S/C16H15NO3/c1-20-14(18)8-7-13-10-12-5-2-4-11-6-3-9-17(15(11)12)16(13)19/h2,4-5,7-8,10H,3,6,9H2,1H3/b8-7+. The molecule has 2 heterocycles. The molecular weight excluding hydrogens is 254 g/mol. The number of rotatable bonds is 2. The lowest BCUT2D eigenvalue weighted by molar-refractivity contribution is -0.134. The van der Waals surface area contributed by atoms with E-state index in [1.165, 1.54) is 24.8 Å². The highest BCUT2D eigenvalue weighted by atomic mass is 16.5. The van der Waals surface area contributed by atoms with Crippen LogP contribution in [0.4, 0.5) is 0 Å². The molecule has 0 aliphatic carbocycles. The average Bonchev–Trinajstić information content (AvgIpc) is 2.49. The fourth-order valence-electron chi connectivity index (χ4n) is 2.73. The van der Waals surface area contributed by atoms with Crippen molar-refractivity contribution in [2.75, 3.05) is 7.11 Å². The van der Waals surface area contributed by atoms with Crippen LogP contribution in [0.3, 0.4) is 0 Å². The van der Waals surface area contributed by atoms with Crippen molar-refractivity contribution in [2.45, 2.75) is 19.4 Å². The van der Waals surface area contributed by atoms with Crippen molar-refractivity contribution in [3.05, 3.63) is 51.8 Å². The lowest BCUT2D eigenvalue weighted by Gasteiger charge is -2.19. The Labute approximate surface area is 116 Å². The lowest BCUT2D eigenvalue weighted by atomic mass is 10.00. The van der Waals surface area contributed by atoms with Crippen molar-refractivity contribution in [3.63, 3.8) is 0 Å². The first-order valence-corrected chi connectivity index (χ1v) is 6.62. The summed E-state index contributed by atoms with van der Waals surface area (Å²) in [5.41, 5.74) is 2.71. The number of benzene rings is 1. The summed E-state index contributed by atoms with van der Waals surface area (Å²) in [5, 5.41) is 1.03. The summed E-state index contributed by atoms with van der Waals surface area (Å²) in [6, 6.07) is 7.91. The van der Waals surface area contributed by atoms with Crippen molar-refractivity contribution >= 4 is 22.9 Å². The van der Waals surface area contributed by atoms with Gasteiger partial charge in [-0.3, -0.25) is 4.79 Å². The van der Waals surface area contributed by atoms with Crippen molar-refractivity contribution < 1.29 is 9.53 Å². The minimum Gasteiger partial charge on any atom is -0.466 e. The average molecular weight is 269 g/mol. The number of nitrogens with zero attached hydrogens (tertiary/aromatic N) is 1. The second kappa shape index (κ2) is 4.96. The predicted molar refractivity (Wildman–Crippen MR) is 77.6 cm³/mol. The van der Waals surface area contributed by atoms with E-state index >= 15 is 0 Å². The maximum atomic E-state index is 12.5. The van der Waals surface area contributed by atoms with E-state index in [1.54, 1.807) is 0 Å². The third-order valence-electron chi connectivity index (χ3n) is 3.65. The molecule has 0 fully saturated rings. The fraction of sp³-hybridized carbons (Fsp3) is 0.250. The van der Waals surface area contributed by atoms with Gasteiger partial charge in [0.15, 0.2) is 0 Å². The number of esters is 1. The molecule has 0 spiro atoms. The highest BCUT2D eigenvalue weighted by Gasteiger charge is 2.15. The fourth-order valence-corrected chi connectivity index (χ4v) is 2.73. The van der Waals surface area contributed by atoms with E-state index in [1.807, 2.05) is 22.8 Å². The molecule has 1 aliphatic rings. The van der Waals surface area contributed by atoms with Gasteiger partial charge in [-0.15, -0.1) is 0 Å². The molecule has 0 unspecified atom stereocenters. The Morgan fingerprint density at radius 2 is 2.25 bits per heavy atom. The molecule has 0 N–H and O–H groups in total. The van der Waals surface area contributed by atoms with E-state index in [-0.39, 0.29) is 5.56 Å². The zero-order chi connectivity index (χ0) is 14.1. The summed E-state index contributed by atoms with van der Waals surface area (Å²) in [5.74, 6) is -0.461. The first-order valence-electron chi connectivity index (χ1n) is 6.62. The molecular formula is C16H15NO3. The van der Waals surface area contributed by atoms with E-state index in [0.717, 1.165) is 30.3 Å². The van der Waals surface area contributed by atoms with Crippen LogP contribution in [-0.4, -0.2) is 17.6 Å². The van der Waals surface area contributed by atoms with Gasteiger partial charge in [0.25, 0.3) is 5.56 Å². The number of hydrogen-bond acceptors (Lipinski definition) is 3. The van der Waals surface area contributed by atoms with E-state index in [4.69, 9.17) is 0 Å². The number of aryl methyl sites for hydroxylation is 2. The van der Waals surface area contributed by atoms with Gasteiger partial charge in [0.1, 0.15) is 0 Å². The van der Waals surface area contributed by atoms with Gasteiger partial charge < -0.3 is 9.30 Å². The van der Waals surface area contributed by atoms with Crippen molar-refractivity contribution in [2.24, 2.45) is 0 Å².